The van der Waals surface area contributed by atoms with Crippen LogP contribution >= 0.6 is 22.3 Å². The van der Waals surface area contributed by atoms with Gasteiger partial charge in [0.05, 0.1) is 17.4 Å². The largest absolute Gasteiger partial charge is 0.491 e. The van der Waals surface area contributed by atoms with Crippen LogP contribution in [-0.4, -0.2) is 15.0 Å². The Bertz CT molecular complexity index is 496. The van der Waals surface area contributed by atoms with Gasteiger partial charge in [-0.2, -0.15) is 0 Å². The predicted molar refractivity (Wildman–Crippen MR) is 59.1 cm³/mol. The van der Waals surface area contributed by atoms with Crippen LogP contribution in [0.2, 0.25) is 5.02 Å². The van der Waals surface area contributed by atoms with Crippen LogP contribution in [-0.2, 0) is 21.2 Å². The van der Waals surface area contributed by atoms with Crippen molar-refractivity contribution in [1.29, 1.82) is 0 Å². The van der Waals surface area contributed by atoms with Crippen molar-refractivity contribution in [2.45, 2.75) is 12.2 Å². The third-order valence-electron chi connectivity index (χ3n) is 2.14. The Kier molecular flexibility index (Phi) is 2.83. The van der Waals surface area contributed by atoms with Crippen molar-refractivity contribution < 1.29 is 13.2 Å². The standard InChI is InChI=1S/C9H8Cl2O3S/c10-8-4-6(5-15(11,12)13)3-7-1-2-14-9(7)8/h3-4H,1-2,5H2. The quantitative estimate of drug-likeness (QED) is 0.772. The Morgan fingerprint density at radius 2 is 2.13 bits per heavy atom. The van der Waals surface area contributed by atoms with Gasteiger partial charge in [0.1, 0.15) is 5.75 Å². The van der Waals surface area contributed by atoms with E-state index in [0.29, 0.717) is 22.9 Å². The SMILES string of the molecule is O=S(=O)(Cl)Cc1cc(Cl)c2c(c1)CCO2. The Labute approximate surface area is 97.4 Å². The molecule has 0 radical (unpaired) electrons. The molecule has 0 saturated heterocycles. The highest BCUT2D eigenvalue weighted by atomic mass is 35.7. The van der Waals surface area contributed by atoms with Crippen molar-refractivity contribution >= 4 is 31.3 Å². The van der Waals surface area contributed by atoms with Crippen LogP contribution in [0.15, 0.2) is 12.1 Å². The van der Waals surface area contributed by atoms with Gasteiger partial charge in [0.25, 0.3) is 0 Å². The van der Waals surface area contributed by atoms with Crippen molar-refractivity contribution in [3.05, 3.63) is 28.3 Å². The summed E-state index contributed by atoms with van der Waals surface area (Å²) in [6.07, 6.45) is 0.755. The number of rotatable bonds is 2. The fourth-order valence-corrected chi connectivity index (χ4v) is 2.86. The van der Waals surface area contributed by atoms with E-state index in [0.717, 1.165) is 12.0 Å². The van der Waals surface area contributed by atoms with Gasteiger partial charge in [-0.3, -0.25) is 0 Å². The lowest BCUT2D eigenvalue weighted by Gasteiger charge is -2.04. The number of hydrogen-bond acceptors (Lipinski definition) is 3. The van der Waals surface area contributed by atoms with Gasteiger partial charge >= 0.3 is 0 Å². The van der Waals surface area contributed by atoms with Crippen molar-refractivity contribution in [2.24, 2.45) is 0 Å². The highest BCUT2D eigenvalue weighted by molar-refractivity contribution is 8.13. The minimum Gasteiger partial charge on any atom is -0.491 e. The number of halogens is 2. The van der Waals surface area contributed by atoms with E-state index in [9.17, 15) is 8.42 Å². The van der Waals surface area contributed by atoms with E-state index in [1.807, 2.05) is 0 Å². The normalized spacial score (nSPS) is 14.8. The summed E-state index contributed by atoms with van der Waals surface area (Å²) in [4.78, 5) is 0. The van der Waals surface area contributed by atoms with Crippen LogP contribution in [0.3, 0.4) is 0 Å². The Morgan fingerprint density at radius 1 is 1.40 bits per heavy atom. The highest BCUT2D eigenvalue weighted by Gasteiger charge is 2.18. The van der Waals surface area contributed by atoms with Gasteiger partial charge in [0.15, 0.2) is 0 Å². The van der Waals surface area contributed by atoms with E-state index in [-0.39, 0.29) is 5.75 Å². The summed E-state index contributed by atoms with van der Waals surface area (Å²) in [6.45, 7) is 0.589. The van der Waals surface area contributed by atoms with Gasteiger partial charge in [-0.1, -0.05) is 17.7 Å². The second-order valence-electron chi connectivity index (χ2n) is 3.35. The van der Waals surface area contributed by atoms with Gasteiger partial charge in [0, 0.05) is 17.1 Å². The van der Waals surface area contributed by atoms with E-state index in [2.05, 4.69) is 0 Å². The fraction of sp³-hybridized carbons (Fsp3) is 0.333. The lowest BCUT2D eigenvalue weighted by atomic mass is 10.1. The molecule has 1 aromatic carbocycles. The van der Waals surface area contributed by atoms with Crippen LogP contribution in [0.25, 0.3) is 0 Å². The molecule has 0 aromatic heterocycles. The van der Waals surface area contributed by atoms with E-state index < -0.39 is 9.05 Å². The fourth-order valence-electron chi connectivity index (χ4n) is 1.61. The molecule has 1 aliphatic heterocycles. The van der Waals surface area contributed by atoms with E-state index in [1.54, 1.807) is 12.1 Å². The summed E-state index contributed by atoms with van der Waals surface area (Å²) in [5.74, 6) is 0.453. The molecule has 1 aromatic rings. The monoisotopic (exact) mass is 266 g/mol. The molecule has 0 spiro atoms. The lowest BCUT2D eigenvalue weighted by molar-refractivity contribution is 0.357. The molecule has 1 aliphatic rings. The molecule has 15 heavy (non-hydrogen) atoms. The summed E-state index contributed by atoms with van der Waals surface area (Å²) < 4.78 is 27.1. The molecule has 0 unspecified atom stereocenters. The molecule has 0 atom stereocenters. The molecule has 2 rings (SSSR count). The smallest absolute Gasteiger partial charge is 0.236 e. The molecule has 1 heterocycles. The first-order chi connectivity index (χ1) is 6.96. The Hall–Kier alpha value is -0.450. The van der Waals surface area contributed by atoms with Gasteiger partial charge in [-0.05, 0) is 17.2 Å². The van der Waals surface area contributed by atoms with Crippen molar-refractivity contribution in [3.8, 4) is 5.75 Å². The van der Waals surface area contributed by atoms with Gasteiger partial charge in [-0.25, -0.2) is 8.42 Å². The molecule has 0 aliphatic carbocycles. The molecule has 82 valence electrons. The maximum absolute atomic E-state index is 10.9. The molecule has 0 amide bonds. The van der Waals surface area contributed by atoms with Gasteiger partial charge in [-0.15, -0.1) is 0 Å². The van der Waals surface area contributed by atoms with E-state index in [4.69, 9.17) is 27.0 Å². The highest BCUT2D eigenvalue weighted by Crippen LogP contribution is 2.35. The number of ether oxygens (including phenoxy) is 1. The third kappa shape index (κ3) is 2.56. The zero-order chi connectivity index (χ0) is 11.1. The molecular formula is C9H8Cl2O3S. The molecule has 3 nitrogen and oxygen atoms in total. The van der Waals surface area contributed by atoms with Gasteiger partial charge < -0.3 is 4.74 Å². The Morgan fingerprint density at radius 3 is 2.80 bits per heavy atom. The van der Waals surface area contributed by atoms with Crippen LogP contribution in [0.5, 0.6) is 5.75 Å². The van der Waals surface area contributed by atoms with E-state index >= 15 is 0 Å². The first-order valence-corrected chi connectivity index (χ1v) is 7.18. The topological polar surface area (TPSA) is 43.4 Å². The minimum atomic E-state index is -3.54. The van der Waals surface area contributed by atoms with Crippen LogP contribution < -0.4 is 4.74 Å². The molecular weight excluding hydrogens is 259 g/mol. The van der Waals surface area contributed by atoms with Crippen LogP contribution in [0, 0.1) is 0 Å². The average Bonchev–Trinajstić information content (AvgIpc) is 2.48. The summed E-state index contributed by atoms with van der Waals surface area (Å²) in [6, 6.07) is 3.35. The second kappa shape index (κ2) is 3.85. The molecule has 0 saturated carbocycles. The molecule has 0 bridgehead atoms. The maximum Gasteiger partial charge on any atom is 0.236 e. The first kappa shape index (κ1) is 11.0. The zero-order valence-electron chi connectivity index (χ0n) is 7.66. The zero-order valence-corrected chi connectivity index (χ0v) is 9.99. The minimum absolute atomic E-state index is 0.207. The van der Waals surface area contributed by atoms with Crippen molar-refractivity contribution in [3.63, 3.8) is 0 Å². The maximum atomic E-state index is 10.9. The number of hydrogen-bond donors (Lipinski definition) is 0. The summed E-state index contributed by atoms with van der Waals surface area (Å²) in [5.41, 5.74) is 1.54. The molecule has 0 fully saturated rings. The number of benzene rings is 1. The summed E-state index contributed by atoms with van der Waals surface area (Å²) in [7, 11) is 1.63. The van der Waals surface area contributed by atoms with E-state index in [1.165, 1.54) is 0 Å². The first-order valence-electron chi connectivity index (χ1n) is 4.32. The number of fused-ring (bicyclic) bond motifs is 1. The lowest BCUT2D eigenvalue weighted by Crippen LogP contribution is -1.96. The predicted octanol–water partition coefficient (Wildman–Crippen LogP) is 2.34. The van der Waals surface area contributed by atoms with Crippen LogP contribution in [0.4, 0.5) is 0 Å². The second-order valence-corrected chi connectivity index (χ2v) is 6.53. The van der Waals surface area contributed by atoms with Crippen LogP contribution in [0.1, 0.15) is 11.1 Å². The Balaban J connectivity index is 2.40. The van der Waals surface area contributed by atoms with Crippen molar-refractivity contribution in [2.75, 3.05) is 6.61 Å². The molecule has 0 N–H and O–H groups in total. The molecule has 6 heteroatoms. The third-order valence-corrected chi connectivity index (χ3v) is 3.42. The summed E-state index contributed by atoms with van der Waals surface area (Å²) in [5, 5.41) is 0.445. The van der Waals surface area contributed by atoms with Crippen molar-refractivity contribution in [1.82, 2.24) is 0 Å². The summed E-state index contributed by atoms with van der Waals surface area (Å²) >= 11 is 5.94. The van der Waals surface area contributed by atoms with Gasteiger partial charge in [0.2, 0.25) is 9.05 Å². The average molecular weight is 267 g/mol.